The Hall–Kier alpha value is -1.70. The smallest absolute Gasteiger partial charge is 0.239 e. The molecule has 5 nitrogen and oxygen atoms in total. The second-order valence-corrected chi connectivity index (χ2v) is 7.37. The van der Waals surface area contributed by atoms with Crippen LogP contribution >= 0.6 is 22.7 Å². The molecule has 0 bridgehead atoms. The maximum absolute atomic E-state index is 12.2. The molecule has 2 amide bonds. The third-order valence-electron chi connectivity index (χ3n) is 3.95. The van der Waals surface area contributed by atoms with Crippen LogP contribution in [-0.2, 0) is 16.0 Å². The molecule has 2 aromatic rings. The summed E-state index contributed by atoms with van der Waals surface area (Å²) in [5, 5.41) is 9.37. The molecule has 122 valence electrons. The molecule has 0 fully saturated rings. The van der Waals surface area contributed by atoms with Crippen LogP contribution in [0.2, 0.25) is 0 Å². The number of hydrogen-bond donors (Lipinski definition) is 2. The predicted octanol–water partition coefficient (Wildman–Crippen LogP) is 1.62. The van der Waals surface area contributed by atoms with Crippen molar-refractivity contribution in [2.45, 2.75) is 12.5 Å². The molecule has 2 aromatic heterocycles. The average molecular weight is 349 g/mol. The Bertz CT molecular complexity index is 681. The van der Waals surface area contributed by atoms with Gasteiger partial charge in [0.05, 0.1) is 19.1 Å². The number of rotatable bonds is 5. The second kappa shape index (κ2) is 7.25. The summed E-state index contributed by atoms with van der Waals surface area (Å²) in [7, 11) is 1.56. The summed E-state index contributed by atoms with van der Waals surface area (Å²) in [4.78, 5) is 28.3. The fraction of sp³-hybridized carbons (Fsp3) is 0.375. The van der Waals surface area contributed by atoms with Crippen LogP contribution < -0.4 is 10.6 Å². The van der Waals surface area contributed by atoms with Gasteiger partial charge in [-0.1, -0.05) is 6.07 Å². The van der Waals surface area contributed by atoms with Crippen molar-refractivity contribution < 1.29 is 9.59 Å². The van der Waals surface area contributed by atoms with E-state index in [4.69, 9.17) is 0 Å². The first kappa shape index (κ1) is 16.2. The van der Waals surface area contributed by atoms with Gasteiger partial charge in [-0.25, -0.2) is 0 Å². The van der Waals surface area contributed by atoms with Crippen molar-refractivity contribution in [3.63, 3.8) is 0 Å². The highest BCUT2D eigenvalue weighted by Crippen LogP contribution is 2.39. The second-order valence-electron chi connectivity index (χ2n) is 5.39. The molecule has 0 aliphatic carbocycles. The predicted molar refractivity (Wildman–Crippen MR) is 92.8 cm³/mol. The van der Waals surface area contributed by atoms with Crippen LogP contribution in [0.3, 0.4) is 0 Å². The van der Waals surface area contributed by atoms with Gasteiger partial charge in [-0.2, -0.15) is 0 Å². The lowest BCUT2D eigenvalue weighted by Gasteiger charge is -2.34. The zero-order valence-electron chi connectivity index (χ0n) is 12.9. The standard InChI is InChI=1S/C16H19N3O2S2/c1-17-14(20)9-18-15(21)10-19-6-4-12-11(5-8-23-12)16(19)13-3-2-7-22-13/h2-3,5,7-8,16H,4,6,9-10H2,1H3,(H,17,20)(H,18,21)/t16-/m1/s1. The van der Waals surface area contributed by atoms with E-state index in [1.807, 2.05) is 6.07 Å². The van der Waals surface area contributed by atoms with Crippen molar-refractivity contribution >= 4 is 34.5 Å². The highest BCUT2D eigenvalue weighted by molar-refractivity contribution is 7.10. The lowest BCUT2D eigenvalue weighted by atomic mass is 9.98. The van der Waals surface area contributed by atoms with Crippen molar-refractivity contribution in [3.8, 4) is 0 Å². The molecule has 3 heterocycles. The van der Waals surface area contributed by atoms with E-state index in [0.717, 1.165) is 13.0 Å². The molecule has 1 atom stereocenters. The van der Waals surface area contributed by atoms with E-state index in [0.29, 0.717) is 6.54 Å². The highest BCUT2D eigenvalue weighted by Gasteiger charge is 2.31. The van der Waals surface area contributed by atoms with Gasteiger partial charge in [0.25, 0.3) is 0 Å². The normalized spacial score (nSPS) is 17.5. The first-order chi connectivity index (χ1) is 11.2. The first-order valence-corrected chi connectivity index (χ1v) is 9.26. The number of amides is 2. The molecule has 7 heteroatoms. The Labute approximate surface area is 143 Å². The van der Waals surface area contributed by atoms with Crippen LogP contribution in [0.25, 0.3) is 0 Å². The molecule has 0 saturated heterocycles. The minimum atomic E-state index is -0.188. The third kappa shape index (κ3) is 3.63. The zero-order valence-corrected chi connectivity index (χ0v) is 14.5. The van der Waals surface area contributed by atoms with Gasteiger partial charge in [-0.05, 0) is 34.9 Å². The lowest BCUT2D eigenvalue weighted by Crippen LogP contribution is -2.44. The Kier molecular flexibility index (Phi) is 5.09. The number of hydrogen-bond acceptors (Lipinski definition) is 5. The van der Waals surface area contributed by atoms with E-state index < -0.39 is 0 Å². The summed E-state index contributed by atoms with van der Waals surface area (Å²) in [6, 6.07) is 6.47. The van der Waals surface area contributed by atoms with E-state index in [1.54, 1.807) is 29.7 Å². The summed E-state index contributed by atoms with van der Waals surface area (Å²) in [5.74, 6) is -0.305. The lowest BCUT2D eigenvalue weighted by molar-refractivity contribution is -0.126. The van der Waals surface area contributed by atoms with E-state index in [9.17, 15) is 9.59 Å². The fourth-order valence-corrected chi connectivity index (χ4v) is 4.61. The van der Waals surface area contributed by atoms with Crippen LogP contribution in [0.4, 0.5) is 0 Å². The largest absolute Gasteiger partial charge is 0.358 e. The maximum atomic E-state index is 12.2. The summed E-state index contributed by atoms with van der Waals surface area (Å²) in [5.41, 5.74) is 1.31. The van der Waals surface area contributed by atoms with Gasteiger partial charge in [0.15, 0.2) is 0 Å². The number of nitrogens with one attached hydrogen (secondary N) is 2. The van der Waals surface area contributed by atoms with Gasteiger partial charge in [-0.15, -0.1) is 22.7 Å². The van der Waals surface area contributed by atoms with Crippen LogP contribution in [0.1, 0.15) is 21.4 Å². The highest BCUT2D eigenvalue weighted by atomic mass is 32.1. The molecular formula is C16H19N3O2S2. The van der Waals surface area contributed by atoms with Crippen molar-refractivity contribution in [1.82, 2.24) is 15.5 Å². The van der Waals surface area contributed by atoms with E-state index >= 15 is 0 Å². The van der Waals surface area contributed by atoms with Crippen molar-refractivity contribution in [3.05, 3.63) is 44.3 Å². The first-order valence-electron chi connectivity index (χ1n) is 7.50. The minimum Gasteiger partial charge on any atom is -0.358 e. The SMILES string of the molecule is CNC(=O)CNC(=O)CN1CCc2sccc2[C@@H]1c1cccs1. The quantitative estimate of drug-likeness (QED) is 0.862. The van der Waals surface area contributed by atoms with Crippen molar-refractivity contribution in [2.24, 2.45) is 0 Å². The van der Waals surface area contributed by atoms with Crippen LogP contribution in [0.15, 0.2) is 29.0 Å². The van der Waals surface area contributed by atoms with Gasteiger partial charge in [0.1, 0.15) is 0 Å². The van der Waals surface area contributed by atoms with Gasteiger partial charge in [0.2, 0.25) is 11.8 Å². The fourth-order valence-electron chi connectivity index (χ4n) is 2.83. The number of thiophene rings is 2. The van der Waals surface area contributed by atoms with E-state index in [-0.39, 0.29) is 24.4 Å². The van der Waals surface area contributed by atoms with Crippen LogP contribution in [0.5, 0.6) is 0 Å². The number of likely N-dealkylation sites (N-methyl/N-ethyl adjacent to an activating group) is 1. The average Bonchev–Trinajstić information content (AvgIpc) is 3.23. The number of carbonyl (C=O) groups excluding carboxylic acids is 2. The van der Waals surface area contributed by atoms with Gasteiger partial charge >= 0.3 is 0 Å². The number of carbonyl (C=O) groups is 2. The molecular weight excluding hydrogens is 330 g/mol. The van der Waals surface area contributed by atoms with E-state index in [1.165, 1.54) is 15.3 Å². The van der Waals surface area contributed by atoms with Gasteiger partial charge in [0, 0.05) is 23.3 Å². The monoisotopic (exact) mass is 349 g/mol. The van der Waals surface area contributed by atoms with Crippen LogP contribution in [-0.4, -0.2) is 43.4 Å². The summed E-state index contributed by atoms with van der Waals surface area (Å²) < 4.78 is 0. The van der Waals surface area contributed by atoms with Gasteiger partial charge in [-0.3, -0.25) is 14.5 Å². The Morgan fingerprint density at radius 1 is 1.26 bits per heavy atom. The van der Waals surface area contributed by atoms with Crippen molar-refractivity contribution in [1.29, 1.82) is 0 Å². The minimum absolute atomic E-state index is 0.0243. The molecule has 0 saturated carbocycles. The molecule has 2 N–H and O–H groups in total. The Balaban J connectivity index is 1.73. The maximum Gasteiger partial charge on any atom is 0.239 e. The van der Waals surface area contributed by atoms with E-state index in [2.05, 4.69) is 38.4 Å². The zero-order chi connectivity index (χ0) is 16.2. The molecule has 1 aliphatic heterocycles. The molecule has 0 aromatic carbocycles. The molecule has 23 heavy (non-hydrogen) atoms. The Morgan fingerprint density at radius 3 is 2.87 bits per heavy atom. The number of nitrogens with zero attached hydrogens (tertiary/aromatic N) is 1. The number of fused-ring (bicyclic) bond motifs is 1. The summed E-state index contributed by atoms with van der Waals surface area (Å²) >= 11 is 3.51. The molecule has 0 unspecified atom stereocenters. The Morgan fingerprint density at radius 2 is 2.13 bits per heavy atom. The molecule has 1 aliphatic rings. The molecule has 3 rings (SSSR count). The summed E-state index contributed by atoms with van der Waals surface area (Å²) in [6.45, 7) is 1.18. The van der Waals surface area contributed by atoms with Gasteiger partial charge < -0.3 is 10.6 Å². The van der Waals surface area contributed by atoms with Crippen LogP contribution in [0, 0.1) is 0 Å². The third-order valence-corrected chi connectivity index (χ3v) is 5.87. The summed E-state index contributed by atoms with van der Waals surface area (Å²) in [6.07, 6.45) is 0.970. The molecule has 0 spiro atoms. The van der Waals surface area contributed by atoms with Crippen molar-refractivity contribution in [2.75, 3.05) is 26.7 Å². The molecule has 0 radical (unpaired) electrons. The topological polar surface area (TPSA) is 61.4 Å².